The van der Waals surface area contributed by atoms with Crippen LogP contribution in [0.4, 0.5) is 0 Å². The highest BCUT2D eigenvalue weighted by atomic mass is 16.5. The molecule has 1 N–H and O–H groups in total. The lowest BCUT2D eigenvalue weighted by Gasteiger charge is -2.48. The van der Waals surface area contributed by atoms with Crippen LogP contribution in [0.2, 0.25) is 0 Å². The Bertz CT molecular complexity index is 418. The Morgan fingerprint density at radius 3 is 2.33 bits per heavy atom. The molecule has 0 aromatic heterocycles. The van der Waals surface area contributed by atoms with Crippen LogP contribution in [0.5, 0.6) is 0 Å². The van der Waals surface area contributed by atoms with E-state index in [1.807, 2.05) is 0 Å². The zero-order chi connectivity index (χ0) is 14.5. The van der Waals surface area contributed by atoms with E-state index in [0.29, 0.717) is 11.5 Å². The van der Waals surface area contributed by atoms with Crippen LogP contribution in [0.15, 0.2) is 30.3 Å². The molecule has 0 spiro atoms. The van der Waals surface area contributed by atoms with Crippen LogP contribution in [0.25, 0.3) is 0 Å². The van der Waals surface area contributed by atoms with Crippen LogP contribution < -0.4 is 5.32 Å². The van der Waals surface area contributed by atoms with Gasteiger partial charge in [-0.1, -0.05) is 49.6 Å². The molecule has 1 saturated heterocycles. The molecule has 1 heterocycles. The molecular weight excluding hydrogens is 258 g/mol. The molecule has 1 atom stereocenters. The molecule has 0 bridgehead atoms. The average molecular weight is 287 g/mol. The van der Waals surface area contributed by atoms with Gasteiger partial charge < -0.3 is 10.1 Å². The van der Waals surface area contributed by atoms with Gasteiger partial charge >= 0.3 is 0 Å². The van der Waals surface area contributed by atoms with E-state index in [1.165, 1.54) is 44.9 Å². The zero-order valence-corrected chi connectivity index (χ0v) is 13.3. The maximum Gasteiger partial charge on any atom is 0.0469 e. The molecule has 3 rings (SSSR count). The van der Waals surface area contributed by atoms with Gasteiger partial charge in [-0.2, -0.15) is 0 Å². The number of benzene rings is 1. The summed E-state index contributed by atoms with van der Waals surface area (Å²) in [6.07, 6.45) is 9.23. The highest BCUT2D eigenvalue weighted by Crippen LogP contribution is 2.45. The summed E-state index contributed by atoms with van der Waals surface area (Å²) in [7, 11) is 2.17. The first-order valence-electron chi connectivity index (χ1n) is 8.67. The highest BCUT2D eigenvalue weighted by Gasteiger charge is 2.44. The molecule has 1 unspecified atom stereocenters. The lowest BCUT2D eigenvalue weighted by molar-refractivity contribution is 0.0346. The van der Waals surface area contributed by atoms with Crippen LogP contribution in [0, 0.1) is 5.92 Å². The molecule has 1 aromatic rings. The quantitative estimate of drug-likeness (QED) is 0.906. The summed E-state index contributed by atoms with van der Waals surface area (Å²) in [4.78, 5) is 0. The standard InChI is InChI=1S/C19H29NO/c1-20-18(16-10-14-21-15-11-16)19(12-6-3-7-13-19)17-8-4-2-5-9-17/h2,4-5,8-9,16,18,20H,3,6-7,10-15H2,1H3. The molecule has 1 saturated carbocycles. The summed E-state index contributed by atoms with van der Waals surface area (Å²) in [6, 6.07) is 11.9. The summed E-state index contributed by atoms with van der Waals surface area (Å²) >= 11 is 0. The minimum absolute atomic E-state index is 0.330. The first kappa shape index (κ1) is 15.1. The van der Waals surface area contributed by atoms with Crippen molar-refractivity contribution >= 4 is 0 Å². The second-order valence-corrected chi connectivity index (χ2v) is 6.80. The van der Waals surface area contributed by atoms with Crippen LogP contribution >= 0.6 is 0 Å². The fourth-order valence-electron chi connectivity index (χ4n) is 4.74. The molecule has 116 valence electrons. The predicted octanol–water partition coefficient (Wildman–Crippen LogP) is 3.90. The number of likely N-dealkylation sites (N-methyl/N-ethyl adjacent to an activating group) is 1. The topological polar surface area (TPSA) is 21.3 Å². The number of ether oxygens (including phenoxy) is 1. The van der Waals surface area contributed by atoms with Crippen molar-refractivity contribution < 1.29 is 4.74 Å². The van der Waals surface area contributed by atoms with Gasteiger partial charge in [-0.3, -0.25) is 0 Å². The van der Waals surface area contributed by atoms with Gasteiger partial charge in [-0.25, -0.2) is 0 Å². The largest absolute Gasteiger partial charge is 0.381 e. The molecule has 21 heavy (non-hydrogen) atoms. The van der Waals surface area contributed by atoms with Crippen LogP contribution in [0.3, 0.4) is 0 Å². The van der Waals surface area contributed by atoms with Crippen molar-refractivity contribution in [2.24, 2.45) is 5.92 Å². The fraction of sp³-hybridized carbons (Fsp3) is 0.684. The summed E-state index contributed by atoms with van der Waals surface area (Å²) in [5, 5.41) is 3.73. The number of rotatable bonds is 4. The van der Waals surface area contributed by atoms with Crippen LogP contribution in [-0.4, -0.2) is 26.3 Å². The summed E-state index contributed by atoms with van der Waals surface area (Å²) < 4.78 is 5.59. The van der Waals surface area contributed by atoms with Crippen molar-refractivity contribution in [2.75, 3.05) is 20.3 Å². The molecule has 1 aliphatic heterocycles. The van der Waals surface area contributed by atoms with Crippen LogP contribution in [-0.2, 0) is 10.2 Å². The monoisotopic (exact) mass is 287 g/mol. The van der Waals surface area contributed by atoms with Crippen molar-refractivity contribution in [1.82, 2.24) is 5.32 Å². The first-order valence-corrected chi connectivity index (χ1v) is 8.67. The SMILES string of the molecule is CNC(C1CCOCC1)C1(c2ccccc2)CCCCC1. The molecule has 2 nitrogen and oxygen atoms in total. The predicted molar refractivity (Wildman–Crippen MR) is 87.6 cm³/mol. The minimum Gasteiger partial charge on any atom is -0.381 e. The molecule has 2 aliphatic rings. The lowest BCUT2D eigenvalue weighted by atomic mass is 9.61. The van der Waals surface area contributed by atoms with E-state index in [2.05, 4.69) is 42.7 Å². The lowest BCUT2D eigenvalue weighted by Crippen LogP contribution is -2.53. The Balaban J connectivity index is 1.93. The van der Waals surface area contributed by atoms with Crippen LogP contribution in [0.1, 0.15) is 50.5 Å². The third-order valence-electron chi connectivity index (χ3n) is 5.74. The molecule has 1 aromatic carbocycles. The molecule has 2 fully saturated rings. The Hall–Kier alpha value is -0.860. The Labute approximate surface area is 129 Å². The van der Waals surface area contributed by atoms with Crippen molar-refractivity contribution in [3.63, 3.8) is 0 Å². The normalized spacial score (nSPS) is 24.6. The van der Waals surface area contributed by atoms with Gasteiger partial charge in [-0.05, 0) is 44.2 Å². The fourth-order valence-corrected chi connectivity index (χ4v) is 4.74. The number of nitrogens with one attached hydrogen (secondary N) is 1. The third-order valence-corrected chi connectivity index (χ3v) is 5.74. The van der Waals surface area contributed by atoms with Gasteiger partial charge in [0.15, 0.2) is 0 Å². The highest BCUT2D eigenvalue weighted by molar-refractivity contribution is 5.29. The molecule has 0 radical (unpaired) electrons. The first-order chi connectivity index (χ1) is 10.4. The smallest absolute Gasteiger partial charge is 0.0469 e. The second kappa shape index (κ2) is 6.93. The average Bonchev–Trinajstić information content (AvgIpc) is 2.58. The van der Waals surface area contributed by atoms with Gasteiger partial charge in [0, 0.05) is 24.7 Å². The molecule has 2 heteroatoms. The van der Waals surface area contributed by atoms with Crippen molar-refractivity contribution in [3.05, 3.63) is 35.9 Å². The number of hydrogen-bond acceptors (Lipinski definition) is 2. The van der Waals surface area contributed by atoms with E-state index >= 15 is 0 Å². The van der Waals surface area contributed by atoms with E-state index in [4.69, 9.17) is 4.74 Å². The van der Waals surface area contributed by atoms with Crippen molar-refractivity contribution in [3.8, 4) is 0 Å². The van der Waals surface area contributed by atoms with E-state index in [-0.39, 0.29) is 0 Å². The molecular formula is C19H29NO. The Morgan fingerprint density at radius 1 is 1.05 bits per heavy atom. The van der Waals surface area contributed by atoms with Gasteiger partial charge in [-0.15, -0.1) is 0 Å². The second-order valence-electron chi connectivity index (χ2n) is 6.80. The van der Waals surface area contributed by atoms with Crippen molar-refractivity contribution in [2.45, 2.75) is 56.4 Å². The number of hydrogen-bond donors (Lipinski definition) is 1. The summed E-state index contributed by atoms with van der Waals surface area (Å²) in [5.74, 6) is 0.752. The zero-order valence-electron chi connectivity index (χ0n) is 13.3. The van der Waals surface area contributed by atoms with Gasteiger partial charge in [0.2, 0.25) is 0 Å². The maximum atomic E-state index is 5.59. The minimum atomic E-state index is 0.330. The summed E-state index contributed by atoms with van der Waals surface area (Å²) in [5.41, 5.74) is 1.88. The van der Waals surface area contributed by atoms with E-state index in [1.54, 1.807) is 5.56 Å². The van der Waals surface area contributed by atoms with E-state index < -0.39 is 0 Å². The van der Waals surface area contributed by atoms with E-state index in [9.17, 15) is 0 Å². The Kier molecular flexibility index (Phi) is 4.97. The van der Waals surface area contributed by atoms with Gasteiger partial charge in [0.1, 0.15) is 0 Å². The summed E-state index contributed by atoms with van der Waals surface area (Å²) in [6.45, 7) is 1.88. The van der Waals surface area contributed by atoms with E-state index in [0.717, 1.165) is 19.1 Å². The molecule has 0 amide bonds. The molecule has 1 aliphatic carbocycles. The van der Waals surface area contributed by atoms with Gasteiger partial charge in [0.25, 0.3) is 0 Å². The van der Waals surface area contributed by atoms with Crippen molar-refractivity contribution in [1.29, 1.82) is 0 Å². The maximum absolute atomic E-state index is 5.59. The van der Waals surface area contributed by atoms with Gasteiger partial charge in [0.05, 0.1) is 0 Å². The third kappa shape index (κ3) is 3.02. The Morgan fingerprint density at radius 2 is 1.71 bits per heavy atom.